The lowest BCUT2D eigenvalue weighted by molar-refractivity contribution is 0.477. The minimum Gasteiger partial charge on any atom is -0.356 e. The van der Waals surface area contributed by atoms with Crippen molar-refractivity contribution < 1.29 is 0 Å². The van der Waals surface area contributed by atoms with E-state index in [0.717, 1.165) is 24.7 Å². The van der Waals surface area contributed by atoms with Crippen molar-refractivity contribution in [1.82, 2.24) is 20.4 Å². The Morgan fingerprint density at radius 3 is 2.61 bits per heavy atom. The lowest BCUT2D eigenvalue weighted by atomic mass is 10.0. The molecule has 1 aromatic heterocycles. The normalized spacial score (nSPS) is 12.6. The molecule has 0 aliphatic heterocycles. The fraction of sp³-hybridized carbons (Fsp3) is 0.765. The molecule has 6 heteroatoms. The minimum atomic E-state index is 0. The summed E-state index contributed by atoms with van der Waals surface area (Å²) in [6.45, 7) is 6.28. The van der Waals surface area contributed by atoms with Gasteiger partial charge in [0.25, 0.3) is 0 Å². The topological polar surface area (TPSA) is 54.2 Å². The van der Waals surface area contributed by atoms with Crippen LogP contribution in [0, 0.1) is 5.92 Å². The van der Waals surface area contributed by atoms with Gasteiger partial charge in [0.05, 0.1) is 12.2 Å². The number of aryl methyl sites for hydroxylation is 1. The van der Waals surface area contributed by atoms with Gasteiger partial charge in [0.1, 0.15) is 0 Å². The Bertz CT molecular complexity index is 430. The summed E-state index contributed by atoms with van der Waals surface area (Å²) in [5.41, 5.74) is 1.15. The van der Waals surface area contributed by atoms with Crippen LogP contribution in [-0.2, 0) is 13.6 Å². The van der Waals surface area contributed by atoms with Crippen LogP contribution in [0.1, 0.15) is 58.1 Å². The van der Waals surface area contributed by atoms with E-state index in [-0.39, 0.29) is 24.0 Å². The van der Waals surface area contributed by atoms with Gasteiger partial charge in [0.15, 0.2) is 5.96 Å². The van der Waals surface area contributed by atoms with Gasteiger partial charge in [-0.25, -0.2) is 0 Å². The Labute approximate surface area is 158 Å². The van der Waals surface area contributed by atoms with Crippen molar-refractivity contribution in [3.63, 3.8) is 0 Å². The van der Waals surface area contributed by atoms with Crippen LogP contribution in [0.2, 0.25) is 0 Å². The third-order valence-corrected chi connectivity index (χ3v) is 4.00. The highest BCUT2D eigenvalue weighted by Gasteiger charge is 2.05. The van der Waals surface area contributed by atoms with Crippen LogP contribution in [0.3, 0.4) is 0 Å². The van der Waals surface area contributed by atoms with E-state index >= 15 is 0 Å². The largest absolute Gasteiger partial charge is 0.356 e. The lowest BCUT2D eigenvalue weighted by Gasteiger charge is -2.16. The van der Waals surface area contributed by atoms with Gasteiger partial charge in [0, 0.05) is 26.8 Å². The second-order valence-electron chi connectivity index (χ2n) is 6.06. The van der Waals surface area contributed by atoms with Gasteiger partial charge >= 0.3 is 0 Å². The Balaban J connectivity index is 0.00000484. The molecule has 0 radical (unpaired) electrons. The van der Waals surface area contributed by atoms with Gasteiger partial charge < -0.3 is 10.6 Å². The Morgan fingerprint density at radius 2 is 2.00 bits per heavy atom. The molecular weight excluding hydrogens is 401 g/mol. The SMILES string of the molecule is CCCCCCCC(C)CNC(=NC)NCc1ccnn1C.I. The number of unbranched alkanes of at least 4 members (excludes halogenated alkanes) is 4. The molecule has 1 rings (SSSR count). The van der Waals surface area contributed by atoms with Crippen LogP contribution < -0.4 is 10.6 Å². The summed E-state index contributed by atoms with van der Waals surface area (Å²) in [6, 6.07) is 2.01. The molecule has 0 aliphatic rings. The smallest absolute Gasteiger partial charge is 0.191 e. The summed E-state index contributed by atoms with van der Waals surface area (Å²) in [5, 5.41) is 10.9. The summed E-state index contributed by atoms with van der Waals surface area (Å²) >= 11 is 0. The minimum absolute atomic E-state index is 0. The highest BCUT2D eigenvalue weighted by Crippen LogP contribution is 2.10. The van der Waals surface area contributed by atoms with E-state index in [1.165, 1.54) is 38.5 Å². The van der Waals surface area contributed by atoms with Gasteiger partial charge in [-0.2, -0.15) is 5.10 Å². The third-order valence-electron chi connectivity index (χ3n) is 4.00. The van der Waals surface area contributed by atoms with Crippen molar-refractivity contribution in [2.75, 3.05) is 13.6 Å². The first-order chi connectivity index (χ1) is 10.7. The van der Waals surface area contributed by atoms with E-state index in [2.05, 4.69) is 34.6 Å². The van der Waals surface area contributed by atoms with Crippen LogP contribution in [0.15, 0.2) is 17.3 Å². The van der Waals surface area contributed by atoms with Crippen molar-refractivity contribution >= 4 is 29.9 Å². The summed E-state index contributed by atoms with van der Waals surface area (Å²) in [4.78, 5) is 4.27. The number of hydrogen-bond acceptors (Lipinski definition) is 2. The van der Waals surface area contributed by atoms with E-state index in [1.54, 1.807) is 0 Å². The first kappa shape index (κ1) is 22.2. The summed E-state index contributed by atoms with van der Waals surface area (Å²) in [6.07, 6.45) is 9.87. The number of halogens is 1. The molecule has 0 fully saturated rings. The number of aliphatic imine (C=N–C) groups is 1. The molecule has 0 bridgehead atoms. The molecule has 0 amide bonds. The second-order valence-corrected chi connectivity index (χ2v) is 6.06. The number of aromatic nitrogens is 2. The molecule has 1 heterocycles. The first-order valence-electron chi connectivity index (χ1n) is 8.58. The highest BCUT2D eigenvalue weighted by molar-refractivity contribution is 14.0. The standard InChI is InChI=1S/C17H33N5.HI/c1-5-6-7-8-9-10-15(2)13-19-17(18-3)20-14-16-11-12-21-22(16)4;/h11-12,15H,5-10,13-14H2,1-4H3,(H2,18,19,20);1H. The first-order valence-corrected chi connectivity index (χ1v) is 8.58. The van der Waals surface area contributed by atoms with E-state index in [4.69, 9.17) is 0 Å². The van der Waals surface area contributed by atoms with Gasteiger partial charge in [-0.3, -0.25) is 9.67 Å². The average Bonchev–Trinajstić information content (AvgIpc) is 2.92. The molecule has 2 N–H and O–H groups in total. The molecule has 1 unspecified atom stereocenters. The molecule has 134 valence electrons. The van der Waals surface area contributed by atoms with Crippen LogP contribution in [-0.4, -0.2) is 29.3 Å². The monoisotopic (exact) mass is 435 g/mol. The zero-order valence-corrected chi connectivity index (χ0v) is 17.5. The van der Waals surface area contributed by atoms with Crippen LogP contribution in [0.5, 0.6) is 0 Å². The predicted octanol–water partition coefficient (Wildman–Crippen LogP) is 3.70. The van der Waals surface area contributed by atoms with E-state index in [0.29, 0.717) is 5.92 Å². The number of rotatable bonds is 10. The number of nitrogens with zero attached hydrogens (tertiary/aromatic N) is 3. The number of hydrogen-bond donors (Lipinski definition) is 2. The van der Waals surface area contributed by atoms with E-state index in [1.807, 2.05) is 31.0 Å². The summed E-state index contributed by atoms with van der Waals surface area (Å²) in [7, 11) is 3.77. The van der Waals surface area contributed by atoms with Gasteiger partial charge in [0.2, 0.25) is 0 Å². The maximum atomic E-state index is 4.27. The fourth-order valence-electron chi connectivity index (χ4n) is 2.44. The van der Waals surface area contributed by atoms with Gasteiger partial charge in [-0.05, 0) is 18.4 Å². The maximum absolute atomic E-state index is 4.27. The lowest BCUT2D eigenvalue weighted by Crippen LogP contribution is -2.39. The van der Waals surface area contributed by atoms with Crippen LogP contribution in [0.25, 0.3) is 0 Å². The fourth-order valence-corrected chi connectivity index (χ4v) is 2.44. The average molecular weight is 435 g/mol. The highest BCUT2D eigenvalue weighted by atomic mass is 127. The molecule has 1 atom stereocenters. The second kappa shape index (κ2) is 13.6. The zero-order valence-electron chi connectivity index (χ0n) is 15.1. The predicted molar refractivity (Wildman–Crippen MR) is 109 cm³/mol. The molecule has 0 saturated carbocycles. The van der Waals surface area contributed by atoms with Gasteiger partial charge in [-0.1, -0.05) is 46.0 Å². The van der Waals surface area contributed by atoms with E-state index in [9.17, 15) is 0 Å². The number of guanidine groups is 1. The maximum Gasteiger partial charge on any atom is 0.191 e. The van der Waals surface area contributed by atoms with Gasteiger partial charge in [-0.15, -0.1) is 24.0 Å². The molecule has 0 saturated heterocycles. The Hall–Kier alpha value is -0.790. The summed E-state index contributed by atoms with van der Waals surface area (Å²) < 4.78 is 1.87. The quantitative estimate of drug-likeness (QED) is 0.255. The Morgan fingerprint density at radius 1 is 1.26 bits per heavy atom. The molecule has 0 spiro atoms. The van der Waals surface area contributed by atoms with Crippen LogP contribution >= 0.6 is 24.0 Å². The molecule has 0 aliphatic carbocycles. The molecule has 1 aromatic rings. The van der Waals surface area contributed by atoms with Crippen molar-refractivity contribution in [3.8, 4) is 0 Å². The van der Waals surface area contributed by atoms with Crippen molar-refractivity contribution in [3.05, 3.63) is 18.0 Å². The molecule has 23 heavy (non-hydrogen) atoms. The molecular formula is C17H34IN5. The third kappa shape index (κ3) is 9.84. The molecule has 5 nitrogen and oxygen atoms in total. The molecule has 0 aromatic carbocycles. The summed E-state index contributed by atoms with van der Waals surface area (Å²) in [5.74, 6) is 1.54. The number of nitrogens with one attached hydrogen (secondary N) is 2. The Kier molecular flexibility index (Phi) is 13.2. The van der Waals surface area contributed by atoms with Crippen molar-refractivity contribution in [2.24, 2.45) is 18.0 Å². The van der Waals surface area contributed by atoms with Crippen molar-refractivity contribution in [2.45, 2.75) is 58.9 Å². The van der Waals surface area contributed by atoms with Crippen molar-refractivity contribution in [1.29, 1.82) is 0 Å². The van der Waals surface area contributed by atoms with E-state index < -0.39 is 0 Å². The zero-order chi connectivity index (χ0) is 16.2. The van der Waals surface area contributed by atoms with Crippen LogP contribution in [0.4, 0.5) is 0 Å².